The van der Waals surface area contributed by atoms with Crippen LogP contribution in [0.5, 0.6) is 0 Å². The summed E-state index contributed by atoms with van der Waals surface area (Å²) in [4.78, 5) is 26.8. The Morgan fingerprint density at radius 1 is 1.50 bits per heavy atom. The van der Waals surface area contributed by atoms with Gasteiger partial charge >= 0.3 is 5.97 Å². The van der Waals surface area contributed by atoms with Crippen molar-refractivity contribution in [3.05, 3.63) is 30.1 Å². The molecule has 0 fully saturated rings. The minimum absolute atomic E-state index is 0.0563. The highest BCUT2D eigenvalue weighted by Crippen LogP contribution is 2.18. The standard InChI is InChI=1S/C13H18N2O3/c1-3-9(2)15-12(16)7-11(13(17)18)10-5-4-6-14-8-10/h4-6,8-9,11H,3,7H2,1-2H3,(H,15,16)(H,17,18). The molecule has 0 bridgehead atoms. The van der Waals surface area contributed by atoms with Crippen LogP contribution in [0, 0.1) is 0 Å². The average Bonchev–Trinajstić information content (AvgIpc) is 2.36. The van der Waals surface area contributed by atoms with Gasteiger partial charge in [0, 0.05) is 24.9 Å². The molecule has 0 saturated heterocycles. The number of carboxylic acid groups (broad SMARTS) is 1. The smallest absolute Gasteiger partial charge is 0.311 e. The molecule has 0 saturated carbocycles. The number of carbonyl (C=O) groups excluding carboxylic acids is 1. The molecule has 1 aromatic rings. The fourth-order valence-electron chi connectivity index (χ4n) is 1.55. The molecule has 2 N–H and O–H groups in total. The third-order valence-corrected chi connectivity index (χ3v) is 2.79. The molecular formula is C13H18N2O3. The topological polar surface area (TPSA) is 79.3 Å². The van der Waals surface area contributed by atoms with E-state index in [2.05, 4.69) is 10.3 Å². The van der Waals surface area contributed by atoms with Gasteiger partial charge in [-0.3, -0.25) is 14.6 Å². The molecule has 2 unspecified atom stereocenters. The molecule has 1 heterocycles. The third kappa shape index (κ3) is 4.16. The summed E-state index contributed by atoms with van der Waals surface area (Å²) in [5, 5.41) is 11.9. The van der Waals surface area contributed by atoms with E-state index >= 15 is 0 Å². The van der Waals surface area contributed by atoms with Crippen molar-refractivity contribution in [1.82, 2.24) is 10.3 Å². The second-order valence-electron chi connectivity index (χ2n) is 4.26. The lowest BCUT2D eigenvalue weighted by Crippen LogP contribution is -2.34. The number of nitrogens with zero attached hydrogens (tertiary/aromatic N) is 1. The first kappa shape index (κ1) is 14.2. The molecule has 18 heavy (non-hydrogen) atoms. The van der Waals surface area contributed by atoms with E-state index in [9.17, 15) is 9.59 Å². The van der Waals surface area contributed by atoms with Crippen LogP contribution in [-0.4, -0.2) is 28.0 Å². The van der Waals surface area contributed by atoms with E-state index < -0.39 is 11.9 Å². The second kappa shape index (κ2) is 6.74. The Labute approximate surface area is 106 Å². The van der Waals surface area contributed by atoms with Crippen molar-refractivity contribution in [2.24, 2.45) is 0 Å². The first-order chi connectivity index (χ1) is 8.54. The zero-order valence-electron chi connectivity index (χ0n) is 10.6. The van der Waals surface area contributed by atoms with Gasteiger partial charge in [-0.25, -0.2) is 0 Å². The van der Waals surface area contributed by atoms with Gasteiger partial charge < -0.3 is 10.4 Å². The molecular weight excluding hydrogens is 232 g/mol. The number of nitrogens with one attached hydrogen (secondary N) is 1. The number of carboxylic acids is 1. The van der Waals surface area contributed by atoms with Crippen molar-refractivity contribution in [2.75, 3.05) is 0 Å². The highest BCUT2D eigenvalue weighted by molar-refractivity contribution is 5.85. The SMILES string of the molecule is CCC(C)NC(=O)CC(C(=O)O)c1cccnc1. The minimum Gasteiger partial charge on any atom is -0.481 e. The fourth-order valence-corrected chi connectivity index (χ4v) is 1.55. The average molecular weight is 250 g/mol. The summed E-state index contributed by atoms with van der Waals surface area (Å²) in [7, 11) is 0. The minimum atomic E-state index is -1.01. The quantitative estimate of drug-likeness (QED) is 0.803. The third-order valence-electron chi connectivity index (χ3n) is 2.79. The maximum Gasteiger partial charge on any atom is 0.311 e. The number of aliphatic carboxylic acids is 1. The number of hydrogen-bond donors (Lipinski definition) is 2. The predicted molar refractivity (Wildman–Crippen MR) is 67.1 cm³/mol. The number of amides is 1. The molecule has 0 aliphatic heterocycles. The lowest BCUT2D eigenvalue weighted by atomic mass is 9.97. The summed E-state index contributed by atoms with van der Waals surface area (Å²) < 4.78 is 0. The van der Waals surface area contributed by atoms with E-state index in [1.807, 2.05) is 13.8 Å². The van der Waals surface area contributed by atoms with Crippen LogP contribution in [0.3, 0.4) is 0 Å². The van der Waals surface area contributed by atoms with Crippen molar-refractivity contribution in [3.63, 3.8) is 0 Å². The summed E-state index contributed by atoms with van der Waals surface area (Å²) in [6.07, 6.45) is 3.80. The molecule has 1 amide bonds. The maximum atomic E-state index is 11.7. The van der Waals surface area contributed by atoms with Crippen LogP contribution in [0.25, 0.3) is 0 Å². The summed E-state index contributed by atoms with van der Waals surface area (Å²) in [5.41, 5.74) is 0.546. The van der Waals surface area contributed by atoms with Gasteiger partial charge in [0.15, 0.2) is 0 Å². The summed E-state index contributed by atoms with van der Waals surface area (Å²) in [6.45, 7) is 3.85. The van der Waals surface area contributed by atoms with Gasteiger partial charge in [-0.05, 0) is 25.0 Å². The number of pyridine rings is 1. The van der Waals surface area contributed by atoms with Gasteiger partial charge in [0.1, 0.15) is 0 Å². The van der Waals surface area contributed by atoms with Crippen LogP contribution in [0.15, 0.2) is 24.5 Å². The Hall–Kier alpha value is -1.91. The highest BCUT2D eigenvalue weighted by atomic mass is 16.4. The van der Waals surface area contributed by atoms with E-state index in [0.29, 0.717) is 5.56 Å². The Bertz CT molecular complexity index is 406. The van der Waals surface area contributed by atoms with Crippen molar-refractivity contribution in [2.45, 2.75) is 38.6 Å². The van der Waals surface area contributed by atoms with Gasteiger partial charge in [0.2, 0.25) is 5.91 Å². The van der Waals surface area contributed by atoms with Crippen LogP contribution < -0.4 is 5.32 Å². The van der Waals surface area contributed by atoms with Crippen molar-refractivity contribution in [3.8, 4) is 0 Å². The lowest BCUT2D eigenvalue weighted by molar-refractivity contribution is -0.141. The molecule has 98 valence electrons. The number of carbonyl (C=O) groups is 2. The Balaban J connectivity index is 2.71. The Kier molecular flexibility index (Phi) is 5.30. The predicted octanol–water partition coefficient (Wildman–Crippen LogP) is 1.55. The van der Waals surface area contributed by atoms with E-state index in [0.717, 1.165) is 6.42 Å². The van der Waals surface area contributed by atoms with Gasteiger partial charge in [0.05, 0.1) is 5.92 Å². The Morgan fingerprint density at radius 2 is 2.22 bits per heavy atom. The van der Waals surface area contributed by atoms with Gasteiger partial charge in [0.25, 0.3) is 0 Å². The lowest BCUT2D eigenvalue weighted by Gasteiger charge is -2.15. The van der Waals surface area contributed by atoms with Crippen LogP contribution in [-0.2, 0) is 9.59 Å². The molecule has 5 heteroatoms. The van der Waals surface area contributed by atoms with Crippen molar-refractivity contribution < 1.29 is 14.7 Å². The highest BCUT2D eigenvalue weighted by Gasteiger charge is 2.23. The van der Waals surface area contributed by atoms with E-state index in [-0.39, 0.29) is 18.4 Å². The van der Waals surface area contributed by atoms with Crippen molar-refractivity contribution in [1.29, 1.82) is 0 Å². The largest absolute Gasteiger partial charge is 0.481 e. The Morgan fingerprint density at radius 3 is 2.72 bits per heavy atom. The fraction of sp³-hybridized carbons (Fsp3) is 0.462. The van der Waals surface area contributed by atoms with Crippen LogP contribution in [0.2, 0.25) is 0 Å². The van der Waals surface area contributed by atoms with Gasteiger partial charge in [-0.1, -0.05) is 13.0 Å². The first-order valence-electron chi connectivity index (χ1n) is 5.96. The summed E-state index contributed by atoms with van der Waals surface area (Å²) >= 11 is 0. The molecule has 0 spiro atoms. The van der Waals surface area contributed by atoms with Gasteiger partial charge in [-0.2, -0.15) is 0 Å². The molecule has 1 aromatic heterocycles. The molecule has 0 aliphatic rings. The molecule has 1 rings (SSSR count). The second-order valence-corrected chi connectivity index (χ2v) is 4.26. The number of rotatable bonds is 6. The van der Waals surface area contributed by atoms with E-state index in [1.165, 1.54) is 6.20 Å². The number of hydrogen-bond acceptors (Lipinski definition) is 3. The van der Waals surface area contributed by atoms with Crippen LogP contribution in [0.4, 0.5) is 0 Å². The normalized spacial score (nSPS) is 13.7. The summed E-state index contributed by atoms with van der Waals surface area (Å²) in [5.74, 6) is -2.11. The first-order valence-corrected chi connectivity index (χ1v) is 5.96. The van der Waals surface area contributed by atoms with Gasteiger partial charge in [-0.15, -0.1) is 0 Å². The van der Waals surface area contributed by atoms with E-state index in [4.69, 9.17) is 5.11 Å². The summed E-state index contributed by atoms with van der Waals surface area (Å²) in [6, 6.07) is 3.39. The van der Waals surface area contributed by atoms with Crippen LogP contribution in [0.1, 0.15) is 38.2 Å². The number of aromatic nitrogens is 1. The monoisotopic (exact) mass is 250 g/mol. The maximum absolute atomic E-state index is 11.7. The molecule has 0 aliphatic carbocycles. The molecule has 0 radical (unpaired) electrons. The molecule has 5 nitrogen and oxygen atoms in total. The van der Waals surface area contributed by atoms with Crippen LogP contribution >= 0.6 is 0 Å². The zero-order chi connectivity index (χ0) is 13.5. The molecule has 0 aromatic carbocycles. The van der Waals surface area contributed by atoms with Crippen molar-refractivity contribution >= 4 is 11.9 Å². The zero-order valence-corrected chi connectivity index (χ0v) is 10.6. The molecule has 2 atom stereocenters. The van der Waals surface area contributed by atoms with E-state index in [1.54, 1.807) is 18.3 Å².